The molecule has 2 fully saturated rings. The van der Waals surface area contributed by atoms with Gasteiger partial charge in [-0.3, -0.25) is 4.79 Å². The Labute approximate surface area is 237 Å². The summed E-state index contributed by atoms with van der Waals surface area (Å²) in [6.45, 7) is 2.22. The van der Waals surface area contributed by atoms with Gasteiger partial charge in [0.1, 0.15) is 12.2 Å². The van der Waals surface area contributed by atoms with Gasteiger partial charge in [0.05, 0.1) is 18.2 Å². The molecule has 1 atom stereocenters. The zero-order valence-corrected chi connectivity index (χ0v) is 23.2. The third-order valence-corrected chi connectivity index (χ3v) is 9.27. The quantitative estimate of drug-likeness (QED) is 0.359. The van der Waals surface area contributed by atoms with Crippen LogP contribution < -0.4 is 10.2 Å². The Morgan fingerprint density at radius 3 is 2.63 bits per heavy atom. The lowest BCUT2D eigenvalue weighted by Gasteiger charge is -2.39. The van der Waals surface area contributed by atoms with Gasteiger partial charge in [-0.1, -0.05) is 12.1 Å². The van der Waals surface area contributed by atoms with Crippen molar-refractivity contribution in [2.45, 2.75) is 76.2 Å². The van der Waals surface area contributed by atoms with Gasteiger partial charge >= 0.3 is 6.18 Å². The Balaban J connectivity index is 1.31. The number of fused-ring (bicyclic) bond motifs is 1. The number of benzene rings is 2. The van der Waals surface area contributed by atoms with Crippen LogP contribution in [-0.2, 0) is 26.3 Å². The fourth-order valence-electron chi connectivity index (χ4n) is 6.68. The van der Waals surface area contributed by atoms with Crippen molar-refractivity contribution < 1.29 is 18.0 Å². The minimum Gasteiger partial charge on any atom is -0.320 e. The van der Waals surface area contributed by atoms with E-state index >= 15 is 0 Å². The fourth-order valence-corrected chi connectivity index (χ4v) is 6.68. The van der Waals surface area contributed by atoms with Crippen LogP contribution in [0.25, 0.3) is 0 Å². The molecule has 0 bridgehead atoms. The van der Waals surface area contributed by atoms with Crippen LogP contribution in [0.1, 0.15) is 89.8 Å². The molecule has 6 rings (SSSR count). The molecule has 2 saturated carbocycles. The summed E-state index contributed by atoms with van der Waals surface area (Å²) < 4.78 is 44.6. The zero-order chi connectivity index (χ0) is 28.9. The number of aromatic nitrogens is 3. The van der Waals surface area contributed by atoms with Gasteiger partial charge in [-0.25, -0.2) is 0 Å². The van der Waals surface area contributed by atoms with Crippen molar-refractivity contribution in [1.29, 1.82) is 5.26 Å². The summed E-state index contributed by atoms with van der Waals surface area (Å²) in [5, 5.41) is 20.9. The lowest BCUT2D eigenvalue weighted by atomic mass is 9.65. The van der Waals surface area contributed by atoms with E-state index in [9.17, 15) is 18.0 Å². The second-order valence-electron chi connectivity index (χ2n) is 12.2. The molecule has 3 aliphatic rings. The molecular weight excluding hydrogens is 529 g/mol. The normalized spacial score (nSPS) is 22.0. The SMILES string of the molecule is Cn1cnnc1C(c1cccc(N2Cc3c(cc(CNC4(C)CCC4)cc3C(F)(F)F)C2=O)c1)[C@H]1C[C@@H](CC#N)C1. The van der Waals surface area contributed by atoms with Crippen molar-refractivity contribution in [2.24, 2.45) is 18.9 Å². The van der Waals surface area contributed by atoms with E-state index in [-0.39, 0.29) is 41.6 Å². The molecule has 0 radical (unpaired) electrons. The number of aryl methyl sites for hydroxylation is 1. The lowest BCUT2D eigenvalue weighted by molar-refractivity contribution is -0.138. The predicted molar refractivity (Wildman–Crippen MR) is 147 cm³/mol. The molecule has 1 aromatic heterocycles. The van der Waals surface area contributed by atoms with Gasteiger partial charge < -0.3 is 14.8 Å². The molecule has 214 valence electrons. The van der Waals surface area contributed by atoms with Gasteiger partial charge in [-0.2, -0.15) is 18.4 Å². The third-order valence-electron chi connectivity index (χ3n) is 9.27. The molecule has 3 aromatic rings. The number of rotatable bonds is 8. The Morgan fingerprint density at radius 2 is 2.00 bits per heavy atom. The number of hydrogen-bond acceptors (Lipinski definition) is 5. The first-order chi connectivity index (χ1) is 19.6. The number of amides is 1. The minimum absolute atomic E-state index is 0.0229. The molecule has 1 unspecified atom stereocenters. The van der Waals surface area contributed by atoms with Gasteiger partial charge in [0.25, 0.3) is 5.91 Å². The van der Waals surface area contributed by atoms with E-state index in [1.807, 2.05) is 29.8 Å². The van der Waals surface area contributed by atoms with Crippen LogP contribution in [0.2, 0.25) is 0 Å². The Kier molecular flexibility index (Phi) is 6.89. The van der Waals surface area contributed by atoms with E-state index in [0.29, 0.717) is 23.6 Å². The van der Waals surface area contributed by atoms with Crippen LogP contribution in [0.3, 0.4) is 0 Å². The lowest BCUT2D eigenvalue weighted by Crippen LogP contribution is -2.47. The van der Waals surface area contributed by atoms with Crippen molar-refractivity contribution >= 4 is 11.6 Å². The standard InChI is InChI=1S/C31H33F3N6O/c1-30(8-4-9-30)36-16-20-13-24-25(26(14-20)31(32,33)34)17-40(29(24)41)23-6-3-5-21(15-23)27(28-38-37-18-39(28)2)22-11-19(12-22)7-10-35/h3,5-6,13-15,18-19,22,27,36H,4,7-9,11-12,16-17H2,1-2H3/t19-,22+,27?. The molecule has 1 aliphatic heterocycles. The van der Waals surface area contributed by atoms with E-state index in [1.54, 1.807) is 18.5 Å². The van der Waals surface area contributed by atoms with Crippen LogP contribution in [-0.4, -0.2) is 26.2 Å². The highest BCUT2D eigenvalue weighted by Crippen LogP contribution is 2.48. The number of nitriles is 1. The molecule has 41 heavy (non-hydrogen) atoms. The number of alkyl halides is 3. The molecule has 7 nitrogen and oxygen atoms in total. The van der Waals surface area contributed by atoms with E-state index in [2.05, 4.69) is 28.5 Å². The molecule has 1 amide bonds. The number of nitrogens with zero attached hydrogens (tertiary/aromatic N) is 5. The maximum absolute atomic E-state index is 14.2. The topological polar surface area (TPSA) is 86.8 Å². The monoisotopic (exact) mass is 562 g/mol. The summed E-state index contributed by atoms with van der Waals surface area (Å²) in [5.41, 5.74) is 1.27. The average Bonchev–Trinajstić information content (AvgIpc) is 3.47. The summed E-state index contributed by atoms with van der Waals surface area (Å²) in [4.78, 5) is 15.1. The highest BCUT2D eigenvalue weighted by Gasteiger charge is 2.42. The smallest absolute Gasteiger partial charge is 0.320 e. The van der Waals surface area contributed by atoms with Gasteiger partial charge in [0, 0.05) is 42.7 Å². The molecular formula is C31H33F3N6O. The minimum atomic E-state index is -4.57. The summed E-state index contributed by atoms with van der Waals surface area (Å²) in [7, 11) is 1.88. The Bertz CT molecular complexity index is 1510. The van der Waals surface area contributed by atoms with Crippen LogP contribution in [0.15, 0.2) is 42.7 Å². The molecule has 10 heteroatoms. The summed E-state index contributed by atoms with van der Waals surface area (Å²) in [6.07, 6.45) is 2.44. The van der Waals surface area contributed by atoms with Crippen molar-refractivity contribution in [3.8, 4) is 6.07 Å². The van der Waals surface area contributed by atoms with Gasteiger partial charge in [-0.05, 0) is 91.8 Å². The first-order valence-electron chi connectivity index (χ1n) is 14.2. The van der Waals surface area contributed by atoms with E-state index < -0.39 is 17.6 Å². The van der Waals surface area contributed by atoms with Crippen LogP contribution in [0, 0.1) is 23.2 Å². The van der Waals surface area contributed by atoms with Crippen molar-refractivity contribution in [1.82, 2.24) is 20.1 Å². The number of carbonyl (C=O) groups excluding carboxylic acids is 1. The molecule has 2 aromatic carbocycles. The van der Waals surface area contributed by atoms with Crippen LogP contribution in [0.5, 0.6) is 0 Å². The summed E-state index contributed by atoms with van der Waals surface area (Å²) >= 11 is 0. The second kappa shape index (κ2) is 10.3. The molecule has 0 saturated heterocycles. The van der Waals surface area contributed by atoms with Crippen molar-refractivity contribution in [2.75, 3.05) is 4.90 Å². The highest BCUT2D eigenvalue weighted by molar-refractivity contribution is 6.10. The van der Waals surface area contributed by atoms with Gasteiger partial charge in [0.15, 0.2) is 0 Å². The Morgan fingerprint density at radius 1 is 1.22 bits per heavy atom. The first-order valence-corrected chi connectivity index (χ1v) is 14.2. The van der Waals surface area contributed by atoms with E-state index in [0.717, 1.165) is 43.5 Å². The summed E-state index contributed by atoms with van der Waals surface area (Å²) in [5.74, 6) is 0.855. The third kappa shape index (κ3) is 5.12. The largest absolute Gasteiger partial charge is 0.416 e. The molecule has 0 spiro atoms. The van der Waals surface area contributed by atoms with E-state index in [4.69, 9.17) is 5.26 Å². The molecule has 2 aliphatic carbocycles. The second-order valence-corrected chi connectivity index (χ2v) is 12.2. The maximum atomic E-state index is 14.2. The number of nitrogens with one attached hydrogen (secondary N) is 1. The molecule has 2 heterocycles. The number of hydrogen-bond donors (Lipinski definition) is 1. The number of halogens is 3. The van der Waals surface area contributed by atoms with Crippen molar-refractivity contribution in [3.63, 3.8) is 0 Å². The fraction of sp³-hybridized carbons (Fsp3) is 0.484. The highest BCUT2D eigenvalue weighted by atomic mass is 19.4. The van der Waals surface area contributed by atoms with E-state index in [1.165, 1.54) is 11.0 Å². The summed E-state index contributed by atoms with van der Waals surface area (Å²) in [6, 6.07) is 12.6. The maximum Gasteiger partial charge on any atom is 0.416 e. The number of carbonyl (C=O) groups is 1. The number of anilines is 1. The van der Waals surface area contributed by atoms with Crippen LogP contribution >= 0.6 is 0 Å². The van der Waals surface area contributed by atoms with Crippen LogP contribution in [0.4, 0.5) is 18.9 Å². The first kappa shape index (κ1) is 27.5. The molecule has 1 N–H and O–H groups in total. The van der Waals surface area contributed by atoms with Crippen molar-refractivity contribution in [3.05, 3.63) is 76.4 Å². The average molecular weight is 563 g/mol. The zero-order valence-electron chi connectivity index (χ0n) is 23.2. The van der Waals surface area contributed by atoms with Gasteiger partial charge in [0.2, 0.25) is 0 Å². The van der Waals surface area contributed by atoms with Gasteiger partial charge in [-0.15, -0.1) is 10.2 Å². The Hall–Kier alpha value is -3.71. The predicted octanol–water partition coefficient (Wildman–Crippen LogP) is 6.10.